The van der Waals surface area contributed by atoms with E-state index in [2.05, 4.69) is 4.98 Å². The first kappa shape index (κ1) is 12.7. The highest BCUT2D eigenvalue weighted by molar-refractivity contribution is 7.16. The summed E-state index contributed by atoms with van der Waals surface area (Å²) >= 11 is 1.57. The third-order valence-electron chi connectivity index (χ3n) is 3.06. The number of ether oxygens (including phenoxy) is 1. The van der Waals surface area contributed by atoms with Crippen LogP contribution in [0.15, 0.2) is 41.9 Å². The molecule has 0 amide bonds. The molecule has 5 heteroatoms. The summed E-state index contributed by atoms with van der Waals surface area (Å²) in [6, 6.07) is 11.7. The van der Waals surface area contributed by atoms with E-state index in [0.717, 1.165) is 21.7 Å². The second-order valence-electron chi connectivity index (χ2n) is 4.67. The summed E-state index contributed by atoms with van der Waals surface area (Å²) < 4.78 is 6.96. The maximum atomic E-state index is 6.12. The Bertz CT molecular complexity index is 752. The SMILES string of the molecule is CN(C)c1cccc(Oc2ccc3scnc3c2N)c1. The lowest BCUT2D eigenvalue weighted by molar-refractivity contribution is 0.485. The van der Waals surface area contributed by atoms with Crippen LogP contribution in [0.4, 0.5) is 11.4 Å². The molecule has 0 aliphatic heterocycles. The van der Waals surface area contributed by atoms with Gasteiger partial charge in [-0.1, -0.05) is 6.07 Å². The Kier molecular flexibility index (Phi) is 3.20. The molecule has 1 heterocycles. The molecule has 0 bridgehead atoms. The largest absolute Gasteiger partial charge is 0.455 e. The van der Waals surface area contributed by atoms with Crippen molar-refractivity contribution in [3.8, 4) is 11.5 Å². The van der Waals surface area contributed by atoms with E-state index in [0.29, 0.717) is 11.4 Å². The monoisotopic (exact) mass is 285 g/mol. The number of fused-ring (bicyclic) bond motifs is 1. The molecule has 3 rings (SSSR count). The first-order valence-electron chi connectivity index (χ1n) is 6.22. The van der Waals surface area contributed by atoms with E-state index < -0.39 is 0 Å². The van der Waals surface area contributed by atoms with Gasteiger partial charge in [0.15, 0.2) is 5.75 Å². The van der Waals surface area contributed by atoms with Gasteiger partial charge in [-0.15, -0.1) is 11.3 Å². The van der Waals surface area contributed by atoms with Gasteiger partial charge < -0.3 is 15.4 Å². The van der Waals surface area contributed by atoms with Gasteiger partial charge in [-0.05, 0) is 24.3 Å². The number of nitrogens with two attached hydrogens (primary N) is 1. The van der Waals surface area contributed by atoms with Crippen LogP contribution in [0.3, 0.4) is 0 Å². The summed E-state index contributed by atoms with van der Waals surface area (Å²) in [6.07, 6.45) is 0. The zero-order chi connectivity index (χ0) is 14.1. The highest BCUT2D eigenvalue weighted by Crippen LogP contribution is 2.35. The number of nitrogens with zero attached hydrogens (tertiary/aromatic N) is 2. The Morgan fingerprint density at radius 1 is 1.20 bits per heavy atom. The van der Waals surface area contributed by atoms with Crippen LogP contribution in [0.1, 0.15) is 0 Å². The van der Waals surface area contributed by atoms with Gasteiger partial charge in [0.1, 0.15) is 17.0 Å². The minimum Gasteiger partial charge on any atom is -0.455 e. The number of benzene rings is 2. The van der Waals surface area contributed by atoms with Gasteiger partial charge in [-0.3, -0.25) is 0 Å². The molecule has 0 fully saturated rings. The topological polar surface area (TPSA) is 51.4 Å². The highest BCUT2D eigenvalue weighted by atomic mass is 32.1. The molecule has 0 spiro atoms. The Morgan fingerprint density at radius 3 is 2.85 bits per heavy atom. The van der Waals surface area contributed by atoms with E-state index in [4.69, 9.17) is 10.5 Å². The minimum absolute atomic E-state index is 0.582. The predicted molar refractivity (Wildman–Crippen MR) is 84.9 cm³/mol. The fraction of sp³-hybridized carbons (Fsp3) is 0.133. The van der Waals surface area contributed by atoms with Gasteiger partial charge in [0.05, 0.1) is 10.2 Å². The average molecular weight is 285 g/mol. The number of hydrogen-bond donors (Lipinski definition) is 1. The number of nitrogen functional groups attached to an aromatic ring is 1. The van der Waals surface area contributed by atoms with Crippen molar-refractivity contribution < 1.29 is 4.74 Å². The fourth-order valence-electron chi connectivity index (χ4n) is 1.97. The molecule has 0 saturated carbocycles. The van der Waals surface area contributed by atoms with Crippen LogP contribution in [0.25, 0.3) is 10.2 Å². The summed E-state index contributed by atoms with van der Waals surface area (Å²) in [6.45, 7) is 0. The summed E-state index contributed by atoms with van der Waals surface area (Å²) in [4.78, 5) is 6.30. The van der Waals surface area contributed by atoms with E-state index in [1.54, 1.807) is 16.8 Å². The van der Waals surface area contributed by atoms with Crippen LogP contribution in [0, 0.1) is 0 Å². The van der Waals surface area contributed by atoms with Crippen LogP contribution in [-0.4, -0.2) is 19.1 Å². The van der Waals surface area contributed by atoms with Gasteiger partial charge in [0.25, 0.3) is 0 Å². The van der Waals surface area contributed by atoms with Gasteiger partial charge in [0, 0.05) is 25.8 Å². The zero-order valence-corrected chi connectivity index (χ0v) is 12.1. The lowest BCUT2D eigenvalue weighted by Gasteiger charge is -2.14. The number of hydrogen-bond acceptors (Lipinski definition) is 5. The van der Waals surface area contributed by atoms with E-state index in [1.807, 2.05) is 55.4 Å². The van der Waals surface area contributed by atoms with Crippen molar-refractivity contribution in [2.45, 2.75) is 0 Å². The maximum absolute atomic E-state index is 6.12. The molecule has 0 radical (unpaired) electrons. The van der Waals surface area contributed by atoms with E-state index >= 15 is 0 Å². The third-order valence-corrected chi connectivity index (χ3v) is 3.86. The molecular weight excluding hydrogens is 270 g/mol. The standard InChI is InChI=1S/C15H15N3OS/c1-18(2)10-4-3-5-11(8-10)19-12-6-7-13-15(14(12)16)17-9-20-13/h3-9H,16H2,1-2H3. The van der Waals surface area contributed by atoms with Gasteiger partial charge in [-0.25, -0.2) is 4.98 Å². The summed E-state index contributed by atoms with van der Waals surface area (Å²) in [5, 5.41) is 0. The molecule has 20 heavy (non-hydrogen) atoms. The number of aromatic nitrogens is 1. The molecule has 4 nitrogen and oxygen atoms in total. The van der Waals surface area contributed by atoms with E-state index in [1.165, 1.54) is 0 Å². The van der Waals surface area contributed by atoms with Crippen molar-refractivity contribution in [3.63, 3.8) is 0 Å². The number of rotatable bonds is 3. The Balaban J connectivity index is 1.96. The molecule has 3 aromatic rings. The molecule has 1 aromatic heterocycles. The number of thiazole rings is 1. The van der Waals surface area contributed by atoms with Crippen molar-refractivity contribution in [3.05, 3.63) is 41.9 Å². The lowest BCUT2D eigenvalue weighted by atomic mass is 10.2. The molecule has 2 aromatic carbocycles. The smallest absolute Gasteiger partial charge is 0.152 e. The Morgan fingerprint density at radius 2 is 2.05 bits per heavy atom. The van der Waals surface area contributed by atoms with Crippen LogP contribution >= 0.6 is 11.3 Å². The van der Waals surface area contributed by atoms with Crippen molar-refractivity contribution in [2.24, 2.45) is 0 Å². The van der Waals surface area contributed by atoms with Crippen molar-refractivity contribution in [2.75, 3.05) is 24.7 Å². The second kappa shape index (κ2) is 5.02. The minimum atomic E-state index is 0.582. The Hall–Kier alpha value is -2.27. The van der Waals surface area contributed by atoms with Crippen LogP contribution in [0.5, 0.6) is 11.5 Å². The quantitative estimate of drug-likeness (QED) is 0.745. The molecule has 0 saturated heterocycles. The predicted octanol–water partition coefficient (Wildman–Crippen LogP) is 3.74. The van der Waals surface area contributed by atoms with E-state index in [-0.39, 0.29) is 0 Å². The zero-order valence-electron chi connectivity index (χ0n) is 11.3. The molecule has 2 N–H and O–H groups in total. The number of anilines is 2. The van der Waals surface area contributed by atoms with Crippen molar-refractivity contribution in [1.29, 1.82) is 0 Å². The molecule has 0 aliphatic carbocycles. The Labute approximate surface area is 121 Å². The first-order chi connectivity index (χ1) is 9.65. The summed E-state index contributed by atoms with van der Waals surface area (Å²) in [5.41, 5.74) is 10.4. The molecule has 102 valence electrons. The van der Waals surface area contributed by atoms with Crippen LogP contribution in [-0.2, 0) is 0 Å². The molecular formula is C15H15N3OS. The maximum Gasteiger partial charge on any atom is 0.152 e. The second-order valence-corrected chi connectivity index (χ2v) is 5.56. The molecule has 0 unspecified atom stereocenters. The van der Waals surface area contributed by atoms with Crippen LogP contribution in [0.2, 0.25) is 0 Å². The third kappa shape index (κ3) is 2.28. The fourth-order valence-corrected chi connectivity index (χ4v) is 2.67. The summed E-state index contributed by atoms with van der Waals surface area (Å²) in [5.74, 6) is 1.40. The van der Waals surface area contributed by atoms with E-state index in [9.17, 15) is 0 Å². The highest BCUT2D eigenvalue weighted by Gasteiger charge is 2.09. The molecule has 0 atom stereocenters. The lowest BCUT2D eigenvalue weighted by Crippen LogP contribution is -2.08. The van der Waals surface area contributed by atoms with Crippen molar-refractivity contribution >= 4 is 32.9 Å². The van der Waals surface area contributed by atoms with Gasteiger partial charge in [0.2, 0.25) is 0 Å². The van der Waals surface area contributed by atoms with Gasteiger partial charge in [-0.2, -0.15) is 0 Å². The molecule has 0 aliphatic rings. The summed E-state index contributed by atoms with van der Waals surface area (Å²) in [7, 11) is 3.99. The van der Waals surface area contributed by atoms with Gasteiger partial charge >= 0.3 is 0 Å². The normalized spacial score (nSPS) is 10.7. The van der Waals surface area contributed by atoms with Crippen molar-refractivity contribution in [1.82, 2.24) is 4.98 Å². The first-order valence-corrected chi connectivity index (χ1v) is 7.10. The van der Waals surface area contributed by atoms with Crippen LogP contribution < -0.4 is 15.4 Å². The average Bonchev–Trinajstić information content (AvgIpc) is 2.91.